The summed E-state index contributed by atoms with van der Waals surface area (Å²) in [6.07, 6.45) is 2.48. The molecule has 1 aromatic carbocycles. The molecule has 1 fully saturated rings. The fourth-order valence-corrected chi connectivity index (χ4v) is 4.96. The summed E-state index contributed by atoms with van der Waals surface area (Å²) in [6, 6.07) is 5.24. The van der Waals surface area contributed by atoms with Crippen LogP contribution in [0.5, 0.6) is 0 Å². The van der Waals surface area contributed by atoms with E-state index in [1.165, 1.54) is 0 Å². The fraction of sp³-hybridized carbons (Fsp3) is 0.600. The molecule has 0 aliphatic heterocycles. The van der Waals surface area contributed by atoms with Crippen molar-refractivity contribution in [2.75, 3.05) is 5.73 Å². The molecule has 3 nitrogen and oxygen atoms in total. The standard InChI is InChI=1S/C15H23NO2S/c1-10-4-7-14(16)15(8-10)19(17,18)13-6-5-11(2)12(3)9-13/h4,7-8,11-13H,5-6,9,16H2,1-3H3. The molecular weight excluding hydrogens is 258 g/mol. The maximum Gasteiger partial charge on any atom is 0.183 e. The summed E-state index contributed by atoms with van der Waals surface area (Å²) in [7, 11) is -3.30. The van der Waals surface area contributed by atoms with Gasteiger partial charge in [0, 0.05) is 0 Å². The monoisotopic (exact) mass is 281 g/mol. The van der Waals surface area contributed by atoms with Crippen LogP contribution >= 0.6 is 0 Å². The second kappa shape index (κ2) is 5.16. The molecule has 1 saturated carbocycles. The molecule has 0 bridgehead atoms. The second-order valence-corrected chi connectivity index (χ2v) is 8.17. The fourth-order valence-electron chi connectivity index (χ4n) is 2.85. The summed E-state index contributed by atoms with van der Waals surface area (Å²) < 4.78 is 25.5. The number of sulfone groups is 1. The zero-order valence-corrected chi connectivity index (χ0v) is 12.7. The molecule has 106 valence electrons. The molecule has 2 rings (SSSR count). The van der Waals surface area contributed by atoms with Crippen molar-refractivity contribution in [2.24, 2.45) is 11.8 Å². The van der Waals surface area contributed by atoms with E-state index in [1.54, 1.807) is 12.1 Å². The number of nitrogens with two attached hydrogens (primary N) is 1. The normalized spacial score (nSPS) is 28.3. The molecule has 0 amide bonds. The first-order valence-corrected chi connectivity index (χ1v) is 8.47. The topological polar surface area (TPSA) is 60.2 Å². The van der Waals surface area contributed by atoms with Gasteiger partial charge in [-0.15, -0.1) is 0 Å². The lowest BCUT2D eigenvalue weighted by molar-refractivity contribution is 0.278. The van der Waals surface area contributed by atoms with E-state index >= 15 is 0 Å². The van der Waals surface area contributed by atoms with Crippen molar-refractivity contribution < 1.29 is 8.42 Å². The molecule has 0 heterocycles. The molecule has 1 aliphatic rings. The predicted octanol–water partition coefficient (Wildman–Crippen LogP) is 3.18. The van der Waals surface area contributed by atoms with Crippen molar-refractivity contribution in [3.05, 3.63) is 23.8 Å². The van der Waals surface area contributed by atoms with Crippen LogP contribution in [0.1, 0.15) is 38.7 Å². The third-order valence-corrected chi connectivity index (χ3v) is 6.74. The SMILES string of the molecule is Cc1ccc(N)c(S(=O)(=O)C2CCC(C)C(C)C2)c1. The lowest BCUT2D eigenvalue weighted by atomic mass is 9.81. The molecule has 4 heteroatoms. The van der Waals surface area contributed by atoms with E-state index in [4.69, 9.17) is 5.73 Å². The van der Waals surface area contributed by atoms with Crippen molar-refractivity contribution in [3.8, 4) is 0 Å². The van der Waals surface area contributed by atoms with Crippen LogP contribution in [0.15, 0.2) is 23.1 Å². The van der Waals surface area contributed by atoms with Gasteiger partial charge in [0.25, 0.3) is 0 Å². The first-order valence-electron chi connectivity index (χ1n) is 6.92. The van der Waals surface area contributed by atoms with Crippen molar-refractivity contribution in [3.63, 3.8) is 0 Å². The molecule has 3 unspecified atom stereocenters. The molecule has 0 radical (unpaired) electrons. The van der Waals surface area contributed by atoms with Gasteiger partial charge >= 0.3 is 0 Å². The maximum atomic E-state index is 12.7. The number of nitrogen functional groups attached to an aromatic ring is 1. The Morgan fingerprint density at radius 1 is 1.16 bits per heavy atom. The Morgan fingerprint density at radius 3 is 2.47 bits per heavy atom. The molecule has 0 saturated heterocycles. The van der Waals surface area contributed by atoms with Crippen LogP contribution in [0.25, 0.3) is 0 Å². The van der Waals surface area contributed by atoms with Gasteiger partial charge in [0.15, 0.2) is 9.84 Å². The molecular formula is C15H23NO2S. The zero-order valence-electron chi connectivity index (χ0n) is 11.9. The van der Waals surface area contributed by atoms with Crippen LogP contribution in [0.4, 0.5) is 5.69 Å². The Balaban J connectivity index is 2.35. The Morgan fingerprint density at radius 2 is 1.84 bits per heavy atom. The third kappa shape index (κ3) is 2.78. The lowest BCUT2D eigenvalue weighted by Crippen LogP contribution is -2.31. The van der Waals surface area contributed by atoms with Crippen molar-refractivity contribution in [1.29, 1.82) is 0 Å². The van der Waals surface area contributed by atoms with E-state index in [2.05, 4.69) is 13.8 Å². The average molecular weight is 281 g/mol. The third-order valence-electron chi connectivity index (χ3n) is 4.46. The van der Waals surface area contributed by atoms with Crippen LogP contribution in [-0.4, -0.2) is 13.7 Å². The summed E-state index contributed by atoms with van der Waals surface area (Å²) in [5.41, 5.74) is 7.17. The summed E-state index contributed by atoms with van der Waals surface area (Å²) in [5.74, 6) is 1.07. The van der Waals surface area contributed by atoms with E-state index in [1.807, 2.05) is 13.0 Å². The van der Waals surface area contributed by atoms with Gasteiger partial charge in [-0.1, -0.05) is 19.9 Å². The summed E-state index contributed by atoms with van der Waals surface area (Å²) in [5, 5.41) is -0.275. The quantitative estimate of drug-likeness (QED) is 0.847. The smallest absolute Gasteiger partial charge is 0.183 e. The first-order chi connectivity index (χ1) is 8.82. The summed E-state index contributed by atoms with van der Waals surface area (Å²) in [4.78, 5) is 0.319. The Kier molecular flexibility index (Phi) is 3.90. The van der Waals surface area contributed by atoms with E-state index < -0.39 is 9.84 Å². The highest BCUT2D eigenvalue weighted by molar-refractivity contribution is 7.92. The molecule has 0 spiro atoms. The van der Waals surface area contributed by atoms with Gasteiger partial charge in [0.1, 0.15) is 0 Å². The molecule has 3 atom stereocenters. The average Bonchev–Trinajstić information content (AvgIpc) is 2.35. The highest BCUT2D eigenvalue weighted by Gasteiger charge is 2.35. The molecule has 19 heavy (non-hydrogen) atoms. The summed E-state index contributed by atoms with van der Waals surface area (Å²) >= 11 is 0. The highest BCUT2D eigenvalue weighted by atomic mass is 32.2. The zero-order chi connectivity index (χ0) is 14.2. The molecule has 1 aromatic rings. The first kappa shape index (κ1) is 14.4. The van der Waals surface area contributed by atoms with E-state index in [0.29, 0.717) is 22.4 Å². The van der Waals surface area contributed by atoms with Gasteiger partial charge in [-0.25, -0.2) is 8.42 Å². The van der Waals surface area contributed by atoms with E-state index in [0.717, 1.165) is 24.8 Å². The number of aryl methyl sites for hydroxylation is 1. The minimum Gasteiger partial charge on any atom is -0.398 e. The molecule has 0 aromatic heterocycles. The van der Waals surface area contributed by atoms with Crippen molar-refractivity contribution in [1.82, 2.24) is 0 Å². The van der Waals surface area contributed by atoms with Gasteiger partial charge in [-0.2, -0.15) is 0 Å². The lowest BCUT2D eigenvalue weighted by Gasteiger charge is -2.32. The number of rotatable bonds is 2. The van der Waals surface area contributed by atoms with Crippen LogP contribution in [0.3, 0.4) is 0 Å². The van der Waals surface area contributed by atoms with Crippen LogP contribution in [0, 0.1) is 18.8 Å². The Labute approximate surface area is 116 Å². The van der Waals surface area contributed by atoms with Gasteiger partial charge in [-0.05, 0) is 55.7 Å². The van der Waals surface area contributed by atoms with Gasteiger partial charge in [0.2, 0.25) is 0 Å². The molecule has 1 aliphatic carbocycles. The van der Waals surface area contributed by atoms with Gasteiger partial charge < -0.3 is 5.73 Å². The number of anilines is 1. The van der Waals surface area contributed by atoms with E-state index in [9.17, 15) is 8.42 Å². The Bertz CT molecular complexity index is 566. The van der Waals surface area contributed by atoms with E-state index in [-0.39, 0.29) is 5.25 Å². The minimum atomic E-state index is -3.30. The number of hydrogen-bond donors (Lipinski definition) is 1. The number of hydrogen-bond acceptors (Lipinski definition) is 3. The highest BCUT2D eigenvalue weighted by Crippen LogP contribution is 2.36. The van der Waals surface area contributed by atoms with Crippen molar-refractivity contribution in [2.45, 2.75) is 50.2 Å². The molecule has 2 N–H and O–H groups in total. The maximum absolute atomic E-state index is 12.7. The van der Waals surface area contributed by atoms with Crippen molar-refractivity contribution >= 4 is 15.5 Å². The largest absolute Gasteiger partial charge is 0.398 e. The second-order valence-electron chi connectivity index (χ2n) is 5.98. The van der Waals surface area contributed by atoms with Gasteiger partial charge in [-0.3, -0.25) is 0 Å². The van der Waals surface area contributed by atoms with Crippen LogP contribution in [-0.2, 0) is 9.84 Å². The number of benzene rings is 1. The Hall–Kier alpha value is -1.03. The minimum absolute atomic E-state index is 0.275. The summed E-state index contributed by atoms with van der Waals surface area (Å²) in [6.45, 7) is 6.24. The van der Waals surface area contributed by atoms with Gasteiger partial charge in [0.05, 0.1) is 15.8 Å². The van der Waals surface area contributed by atoms with Crippen LogP contribution < -0.4 is 5.73 Å². The van der Waals surface area contributed by atoms with Crippen LogP contribution in [0.2, 0.25) is 0 Å². The predicted molar refractivity (Wildman–Crippen MR) is 78.7 cm³/mol.